The van der Waals surface area contributed by atoms with Crippen LogP contribution in [0.25, 0.3) is 0 Å². The van der Waals surface area contributed by atoms with Crippen LogP contribution in [0.3, 0.4) is 0 Å². The van der Waals surface area contributed by atoms with Crippen molar-refractivity contribution in [3.05, 3.63) is 46.1 Å². The SMILES string of the molecule is CCOc1ccnc(NCCc2ccc(Cl)cc2Cl)n1. The zero-order valence-electron chi connectivity index (χ0n) is 11.1. The second kappa shape index (κ2) is 7.31. The highest BCUT2D eigenvalue weighted by molar-refractivity contribution is 6.35. The predicted octanol–water partition coefficient (Wildman–Crippen LogP) is 3.84. The number of hydrogen-bond donors (Lipinski definition) is 1. The molecule has 1 aromatic carbocycles. The molecule has 20 heavy (non-hydrogen) atoms. The number of aromatic nitrogens is 2. The van der Waals surface area contributed by atoms with Crippen molar-refractivity contribution >= 4 is 29.2 Å². The van der Waals surface area contributed by atoms with E-state index in [9.17, 15) is 0 Å². The van der Waals surface area contributed by atoms with E-state index in [-0.39, 0.29) is 0 Å². The van der Waals surface area contributed by atoms with Crippen molar-refractivity contribution < 1.29 is 4.74 Å². The van der Waals surface area contributed by atoms with Crippen LogP contribution in [0.5, 0.6) is 5.88 Å². The first-order valence-electron chi connectivity index (χ1n) is 6.32. The van der Waals surface area contributed by atoms with Crippen molar-refractivity contribution in [3.8, 4) is 5.88 Å². The average molecular weight is 312 g/mol. The minimum Gasteiger partial charge on any atom is -0.478 e. The molecule has 0 saturated heterocycles. The van der Waals surface area contributed by atoms with E-state index in [0.717, 1.165) is 12.0 Å². The van der Waals surface area contributed by atoms with Gasteiger partial charge in [0.05, 0.1) is 6.61 Å². The number of halogens is 2. The summed E-state index contributed by atoms with van der Waals surface area (Å²) in [5.74, 6) is 1.11. The maximum atomic E-state index is 6.11. The maximum absolute atomic E-state index is 6.11. The highest BCUT2D eigenvalue weighted by atomic mass is 35.5. The molecule has 1 N–H and O–H groups in total. The van der Waals surface area contributed by atoms with Gasteiger partial charge in [0, 0.05) is 28.9 Å². The molecule has 0 aliphatic heterocycles. The molecule has 0 amide bonds. The van der Waals surface area contributed by atoms with Gasteiger partial charge in [-0.2, -0.15) is 4.98 Å². The lowest BCUT2D eigenvalue weighted by Gasteiger charge is -2.08. The molecule has 106 valence electrons. The Morgan fingerprint density at radius 1 is 1.25 bits per heavy atom. The Kier molecular flexibility index (Phi) is 5.44. The van der Waals surface area contributed by atoms with Crippen LogP contribution in [0.1, 0.15) is 12.5 Å². The second-order valence-corrected chi connectivity index (χ2v) is 4.91. The van der Waals surface area contributed by atoms with E-state index < -0.39 is 0 Å². The summed E-state index contributed by atoms with van der Waals surface area (Å²) >= 11 is 12.0. The van der Waals surface area contributed by atoms with Gasteiger partial charge in [-0.05, 0) is 31.0 Å². The molecule has 2 aromatic rings. The first-order valence-corrected chi connectivity index (χ1v) is 7.08. The van der Waals surface area contributed by atoms with Gasteiger partial charge < -0.3 is 10.1 Å². The quantitative estimate of drug-likeness (QED) is 0.880. The Hall–Kier alpha value is -1.52. The maximum Gasteiger partial charge on any atom is 0.225 e. The van der Waals surface area contributed by atoms with Gasteiger partial charge in [0.25, 0.3) is 0 Å². The number of benzene rings is 1. The fraction of sp³-hybridized carbons (Fsp3) is 0.286. The fourth-order valence-electron chi connectivity index (χ4n) is 1.69. The van der Waals surface area contributed by atoms with Crippen molar-refractivity contribution in [3.63, 3.8) is 0 Å². The lowest BCUT2D eigenvalue weighted by molar-refractivity contribution is 0.326. The van der Waals surface area contributed by atoms with Crippen molar-refractivity contribution in [2.75, 3.05) is 18.5 Å². The van der Waals surface area contributed by atoms with Crippen LogP contribution in [-0.4, -0.2) is 23.1 Å². The molecule has 0 unspecified atom stereocenters. The average Bonchev–Trinajstić information content (AvgIpc) is 2.42. The highest BCUT2D eigenvalue weighted by Gasteiger charge is 2.03. The number of nitrogens with zero attached hydrogens (tertiary/aromatic N) is 2. The third-order valence-corrected chi connectivity index (χ3v) is 3.20. The van der Waals surface area contributed by atoms with Crippen LogP contribution < -0.4 is 10.1 Å². The summed E-state index contributed by atoms with van der Waals surface area (Å²) in [7, 11) is 0. The highest BCUT2D eigenvalue weighted by Crippen LogP contribution is 2.21. The molecule has 0 radical (unpaired) electrons. The number of hydrogen-bond acceptors (Lipinski definition) is 4. The van der Waals surface area contributed by atoms with Crippen molar-refractivity contribution in [1.82, 2.24) is 9.97 Å². The Labute approximate surface area is 128 Å². The van der Waals surface area contributed by atoms with Crippen molar-refractivity contribution in [2.45, 2.75) is 13.3 Å². The third kappa shape index (κ3) is 4.25. The molecule has 0 fully saturated rings. The molecule has 0 atom stereocenters. The van der Waals surface area contributed by atoms with Gasteiger partial charge in [-0.25, -0.2) is 4.98 Å². The number of ether oxygens (including phenoxy) is 1. The van der Waals surface area contributed by atoms with Crippen LogP contribution in [0.15, 0.2) is 30.5 Å². The van der Waals surface area contributed by atoms with E-state index in [2.05, 4.69) is 15.3 Å². The topological polar surface area (TPSA) is 47.0 Å². The van der Waals surface area contributed by atoms with Crippen LogP contribution in [0, 0.1) is 0 Å². The van der Waals surface area contributed by atoms with Crippen LogP contribution in [0.2, 0.25) is 10.0 Å². The van der Waals surface area contributed by atoms with Gasteiger partial charge >= 0.3 is 0 Å². The molecule has 0 bridgehead atoms. The monoisotopic (exact) mass is 311 g/mol. The first kappa shape index (κ1) is 14.9. The molecule has 4 nitrogen and oxygen atoms in total. The van der Waals surface area contributed by atoms with Gasteiger partial charge in [0.15, 0.2) is 0 Å². The summed E-state index contributed by atoms with van der Waals surface area (Å²) in [5.41, 5.74) is 1.03. The van der Waals surface area contributed by atoms with Crippen LogP contribution in [0.4, 0.5) is 5.95 Å². The molecule has 0 saturated carbocycles. The molecular weight excluding hydrogens is 297 g/mol. The van der Waals surface area contributed by atoms with Gasteiger partial charge in [-0.3, -0.25) is 0 Å². The summed E-state index contributed by atoms with van der Waals surface area (Å²) < 4.78 is 5.32. The molecule has 0 spiro atoms. The van der Waals surface area contributed by atoms with E-state index in [0.29, 0.717) is 35.0 Å². The summed E-state index contributed by atoms with van der Waals surface area (Å²) in [4.78, 5) is 8.36. The lowest BCUT2D eigenvalue weighted by atomic mass is 10.1. The molecule has 0 aliphatic carbocycles. The van der Waals surface area contributed by atoms with E-state index in [1.807, 2.05) is 19.1 Å². The van der Waals surface area contributed by atoms with Gasteiger partial charge in [-0.15, -0.1) is 0 Å². The van der Waals surface area contributed by atoms with E-state index >= 15 is 0 Å². The molecule has 6 heteroatoms. The molecular formula is C14H15Cl2N3O. The Morgan fingerprint density at radius 3 is 2.85 bits per heavy atom. The number of rotatable bonds is 6. The van der Waals surface area contributed by atoms with Crippen molar-refractivity contribution in [1.29, 1.82) is 0 Å². The Morgan fingerprint density at radius 2 is 2.10 bits per heavy atom. The summed E-state index contributed by atoms with van der Waals surface area (Å²) in [5, 5.41) is 4.45. The van der Waals surface area contributed by atoms with E-state index in [4.69, 9.17) is 27.9 Å². The predicted molar refractivity (Wildman–Crippen MR) is 81.9 cm³/mol. The first-order chi connectivity index (χ1) is 9.69. The van der Waals surface area contributed by atoms with Gasteiger partial charge in [0.1, 0.15) is 0 Å². The zero-order chi connectivity index (χ0) is 14.4. The van der Waals surface area contributed by atoms with Crippen LogP contribution >= 0.6 is 23.2 Å². The zero-order valence-corrected chi connectivity index (χ0v) is 12.6. The fourth-order valence-corrected chi connectivity index (χ4v) is 2.19. The summed E-state index contributed by atoms with van der Waals surface area (Å²) in [6, 6.07) is 7.22. The third-order valence-electron chi connectivity index (χ3n) is 2.61. The molecule has 0 aliphatic rings. The number of anilines is 1. The second-order valence-electron chi connectivity index (χ2n) is 4.06. The van der Waals surface area contributed by atoms with E-state index in [1.54, 1.807) is 18.3 Å². The van der Waals surface area contributed by atoms with Crippen molar-refractivity contribution in [2.24, 2.45) is 0 Å². The molecule has 2 rings (SSSR count). The summed E-state index contributed by atoms with van der Waals surface area (Å²) in [6.07, 6.45) is 2.42. The Balaban J connectivity index is 1.90. The van der Waals surface area contributed by atoms with Gasteiger partial charge in [-0.1, -0.05) is 29.3 Å². The standard InChI is InChI=1S/C14H15Cl2N3O/c1-2-20-13-6-8-18-14(19-13)17-7-5-10-3-4-11(15)9-12(10)16/h3-4,6,8-9H,2,5,7H2,1H3,(H,17,18,19). The van der Waals surface area contributed by atoms with Crippen LogP contribution in [-0.2, 0) is 6.42 Å². The largest absolute Gasteiger partial charge is 0.478 e. The van der Waals surface area contributed by atoms with E-state index in [1.165, 1.54) is 0 Å². The minimum absolute atomic E-state index is 0.543. The minimum atomic E-state index is 0.543. The molecule has 1 heterocycles. The normalized spacial score (nSPS) is 10.3. The smallest absolute Gasteiger partial charge is 0.225 e. The van der Waals surface area contributed by atoms with Gasteiger partial charge in [0.2, 0.25) is 11.8 Å². The molecule has 1 aromatic heterocycles. The number of nitrogens with one attached hydrogen (secondary N) is 1. The Bertz CT molecular complexity index is 578. The lowest BCUT2D eigenvalue weighted by Crippen LogP contribution is -2.08. The summed E-state index contributed by atoms with van der Waals surface area (Å²) in [6.45, 7) is 3.17.